The minimum Gasteiger partial charge on any atom is -0.334 e. The van der Waals surface area contributed by atoms with E-state index in [4.69, 9.17) is 16.1 Å². The Balaban J connectivity index is 2.49. The molecule has 1 aromatic carbocycles. The van der Waals surface area contributed by atoms with Gasteiger partial charge in [-0.25, -0.2) is 0 Å². The van der Waals surface area contributed by atoms with Crippen LogP contribution in [0.2, 0.25) is 0 Å². The van der Waals surface area contributed by atoms with E-state index in [2.05, 4.69) is 26.1 Å². The lowest BCUT2D eigenvalue weighted by Gasteiger charge is -2.01. The van der Waals surface area contributed by atoms with Crippen molar-refractivity contribution in [2.75, 3.05) is 0 Å². The van der Waals surface area contributed by atoms with Crippen molar-refractivity contribution >= 4 is 27.5 Å². The van der Waals surface area contributed by atoms with E-state index in [0.29, 0.717) is 11.7 Å². The molecule has 0 atom stereocenters. The Kier molecular flexibility index (Phi) is 3.07. The van der Waals surface area contributed by atoms with Crippen molar-refractivity contribution in [1.82, 2.24) is 10.1 Å². The third kappa shape index (κ3) is 2.06. The number of rotatable bonds is 2. The highest BCUT2D eigenvalue weighted by atomic mass is 79.9. The van der Waals surface area contributed by atoms with E-state index in [-0.39, 0.29) is 5.88 Å². The van der Waals surface area contributed by atoms with Gasteiger partial charge in [0.25, 0.3) is 5.89 Å². The standard InChI is InChI=1S/C10H8BrClN2O/c1-6-7(3-2-4-8(6)11)10-13-9(5-12)14-15-10/h2-4H,5H2,1H3. The predicted octanol–water partition coefficient (Wildman–Crippen LogP) is 3.55. The molecule has 0 unspecified atom stereocenters. The molecule has 0 spiro atoms. The number of nitrogens with zero attached hydrogens (tertiary/aromatic N) is 2. The maximum absolute atomic E-state index is 5.60. The number of hydrogen-bond donors (Lipinski definition) is 0. The van der Waals surface area contributed by atoms with Crippen LogP contribution in [0.4, 0.5) is 0 Å². The molecule has 5 heteroatoms. The Morgan fingerprint density at radius 1 is 1.47 bits per heavy atom. The second-order valence-corrected chi connectivity index (χ2v) is 4.18. The molecule has 2 aromatic rings. The number of hydrogen-bond acceptors (Lipinski definition) is 3. The molecule has 0 bridgehead atoms. The quantitative estimate of drug-likeness (QED) is 0.793. The van der Waals surface area contributed by atoms with Gasteiger partial charge < -0.3 is 4.52 Å². The van der Waals surface area contributed by atoms with Gasteiger partial charge in [0.2, 0.25) is 0 Å². The molecule has 0 saturated carbocycles. The van der Waals surface area contributed by atoms with Gasteiger partial charge in [-0.2, -0.15) is 4.98 Å². The van der Waals surface area contributed by atoms with Crippen molar-refractivity contribution in [2.24, 2.45) is 0 Å². The monoisotopic (exact) mass is 286 g/mol. The molecule has 0 radical (unpaired) electrons. The first-order valence-corrected chi connectivity index (χ1v) is 5.69. The molecule has 0 aliphatic heterocycles. The van der Waals surface area contributed by atoms with E-state index in [1.165, 1.54) is 0 Å². The van der Waals surface area contributed by atoms with Gasteiger partial charge in [-0.15, -0.1) is 11.6 Å². The van der Waals surface area contributed by atoms with E-state index in [1.807, 2.05) is 25.1 Å². The first-order chi connectivity index (χ1) is 7.22. The van der Waals surface area contributed by atoms with Gasteiger partial charge in [-0.1, -0.05) is 27.2 Å². The van der Waals surface area contributed by atoms with E-state index in [0.717, 1.165) is 15.6 Å². The Bertz CT molecular complexity index is 484. The number of halogens is 2. The van der Waals surface area contributed by atoms with Crippen molar-refractivity contribution in [3.8, 4) is 11.5 Å². The lowest BCUT2D eigenvalue weighted by atomic mass is 10.1. The van der Waals surface area contributed by atoms with Crippen LogP contribution in [0.3, 0.4) is 0 Å². The molecule has 15 heavy (non-hydrogen) atoms. The van der Waals surface area contributed by atoms with E-state index in [1.54, 1.807) is 0 Å². The maximum atomic E-state index is 5.60. The predicted molar refractivity (Wildman–Crippen MR) is 61.7 cm³/mol. The summed E-state index contributed by atoms with van der Waals surface area (Å²) in [5.41, 5.74) is 2.00. The Morgan fingerprint density at radius 3 is 2.93 bits per heavy atom. The second kappa shape index (κ2) is 4.33. The molecule has 78 valence electrons. The maximum Gasteiger partial charge on any atom is 0.258 e. The minimum absolute atomic E-state index is 0.260. The van der Waals surface area contributed by atoms with Crippen molar-refractivity contribution in [1.29, 1.82) is 0 Å². The SMILES string of the molecule is Cc1c(Br)cccc1-c1nc(CCl)no1. The van der Waals surface area contributed by atoms with Gasteiger partial charge >= 0.3 is 0 Å². The van der Waals surface area contributed by atoms with Crippen LogP contribution in [0.15, 0.2) is 27.2 Å². The minimum atomic E-state index is 0.260. The van der Waals surface area contributed by atoms with E-state index in [9.17, 15) is 0 Å². The molecule has 0 amide bonds. The molecular weight excluding hydrogens is 279 g/mol. The third-order valence-electron chi connectivity index (χ3n) is 2.09. The van der Waals surface area contributed by atoms with Gasteiger partial charge in [-0.3, -0.25) is 0 Å². The smallest absolute Gasteiger partial charge is 0.258 e. The third-order valence-corrected chi connectivity index (χ3v) is 3.18. The Morgan fingerprint density at radius 2 is 2.27 bits per heavy atom. The summed E-state index contributed by atoms with van der Waals surface area (Å²) in [4.78, 5) is 4.17. The van der Waals surface area contributed by atoms with Crippen LogP contribution in [0, 0.1) is 6.92 Å². The van der Waals surface area contributed by atoms with Crippen molar-refractivity contribution < 1.29 is 4.52 Å². The Hall–Kier alpha value is -0.870. The lowest BCUT2D eigenvalue weighted by molar-refractivity contribution is 0.425. The summed E-state index contributed by atoms with van der Waals surface area (Å²) in [6, 6.07) is 5.83. The molecule has 1 heterocycles. The Labute approximate surface area is 101 Å². The fourth-order valence-electron chi connectivity index (χ4n) is 1.26. The fourth-order valence-corrected chi connectivity index (χ4v) is 1.73. The molecule has 3 nitrogen and oxygen atoms in total. The van der Waals surface area contributed by atoms with Crippen LogP contribution in [0.5, 0.6) is 0 Å². The molecule has 2 rings (SSSR count). The lowest BCUT2D eigenvalue weighted by Crippen LogP contribution is -1.85. The van der Waals surface area contributed by atoms with E-state index >= 15 is 0 Å². The molecule has 1 aromatic heterocycles. The van der Waals surface area contributed by atoms with Gasteiger partial charge in [0.15, 0.2) is 5.82 Å². The first-order valence-electron chi connectivity index (χ1n) is 4.36. The average molecular weight is 288 g/mol. The molecule has 0 fully saturated rings. The van der Waals surface area contributed by atoms with Crippen molar-refractivity contribution in [2.45, 2.75) is 12.8 Å². The zero-order valence-corrected chi connectivity index (χ0v) is 10.3. The first kappa shape index (κ1) is 10.6. The van der Waals surface area contributed by atoms with Gasteiger partial charge in [-0.05, 0) is 24.6 Å². The second-order valence-electron chi connectivity index (χ2n) is 3.06. The van der Waals surface area contributed by atoms with Crippen LogP contribution in [-0.2, 0) is 5.88 Å². The van der Waals surface area contributed by atoms with E-state index < -0.39 is 0 Å². The van der Waals surface area contributed by atoms with Crippen LogP contribution in [0.1, 0.15) is 11.4 Å². The zero-order chi connectivity index (χ0) is 10.8. The summed E-state index contributed by atoms with van der Waals surface area (Å²) < 4.78 is 6.13. The zero-order valence-electron chi connectivity index (χ0n) is 8.00. The summed E-state index contributed by atoms with van der Waals surface area (Å²) in [5, 5.41) is 3.75. The molecule has 0 aliphatic carbocycles. The van der Waals surface area contributed by atoms with Crippen molar-refractivity contribution in [3.05, 3.63) is 34.1 Å². The van der Waals surface area contributed by atoms with Gasteiger partial charge in [0.05, 0.1) is 5.88 Å². The summed E-state index contributed by atoms with van der Waals surface area (Å²) >= 11 is 9.06. The summed E-state index contributed by atoms with van der Waals surface area (Å²) in [5.74, 6) is 1.27. The molecule has 0 N–H and O–H groups in total. The number of benzene rings is 1. The molecule has 0 saturated heterocycles. The van der Waals surface area contributed by atoms with Gasteiger partial charge in [0, 0.05) is 10.0 Å². The topological polar surface area (TPSA) is 38.9 Å². The highest BCUT2D eigenvalue weighted by Gasteiger charge is 2.11. The highest BCUT2D eigenvalue weighted by Crippen LogP contribution is 2.27. The summed E-state index contributed by atoms with van der Waals surface area (Å²) in [7, 11) is 0. The number of aromatic nitrogens is 2. The van der Waals surface area contributed by atoms with Crippen molar-refractivity contribution in [3.63, 3.8) is 0 Å². The molecular formula is C10H8BrClN2O. The number of alkyl halides is 1. The average Bonchev–Trinajstić information content (AvgIpc) is 2.70. The highest BCUT2D eigenvalue weighted by molar-refractivity contribution is 9.10. The van der Waals surface area contributed by atoms with Gasteiger partial charge in [0.1, 0.15) is 0 Å². The van der Waals surface area contributed by atoms with Crippen LogP contribution < -0.4 is 0 Å². The summed E-state index contributed by atoms with van der Waals surface area (Å²) in [6.45, 7) is 1.99. The van der Waals surface area contributed by atoms with Crippen LogP contribution >= 0.6 is 27.5 Å². The van der Waals surface area contributed by atoms with Crippen LogP contribution in [0.25, 0.3) is 11.5 Å². The fraction of sp³-hybridized carbons (Fsp3) is 0.200. The largest absolute Gasteiger partial charge is 0.334 e. The summed E-state index contributed by atoms with van der Waals surface area (Å²) in [6.07, 6.45) is 0. The normalized spacial score (nSPS) is 10.6. The van der Waals surface area contributed by atoms with Crippen LogP contribution in [-0.4, -0.2) is 10.1 Å². The molecule has 0 aliphatic rings.